The number of nitrogens with zero attached hydrogens (tertiary/aromatic N) is 1. The van der Waals surface area contributed by atoms with Crippen LogP contribution in [0, 0.1) is 0 Å². The van der Waals surface area contributed by atoms with Gasteiger partial charge in [-0.2, -0.15) is 0 Å². The van der Waals surface area contributed by atoms with Crippen LogP contribution in [0.15, 0.2) is 24.3 Å². The highest BCUT2D eigenvalue weighted by Crippen LogP contribution is 2.34. The van der Waals surface area contributed by atoms with Crippen molar-refractivity contribution in [2.75, 3.05) is 31.7 Å². The van der Waals surface area contributed by atoms with Gasteiger partial charge in [0.1, 0.15) is 12.3 Å². The van der Waals surface area contributed by atoms with Gasteiger partial charge in [-0.1, -0.05) is 19.1 Å². The summed E-state index contributed by atoms with van der Waals surface area (Å²) in [5.41, 5.74) is 0.643. The second kappa shape index (κ2) is 7.79. The molecule has 1 unspecified atom stereocenters. The molecule has 1 aliphatic rings. The van der Waals surface area contributed by atoms with Crippen molar-refractivity contribution in [3.05, 3.63) is 24.3 Å². The quantitative estimate of drug-likeness (QED) is 0.772. The normalized spacial score (nSPS) is 16.9. The Bertz CT molecular complexity index is 533. The molecule has 22 heavy (non-hydrogen) atoms. The molecule has 0 fully saturated rings. The first-order valence-corrected chi connectivity index (χ1v) is 7.50. The highest BCUT2D eigenvalue weighted by Gasteiger charge is 2.33. The minimum absolute atomic E-state index is 0.00267. The molecule has 1 heterocycles. The number of hydrogen-bond acceptors (Lipinski definition) is 4. The first-order valence-electron chi connectivity index (χ1n) is 7.50. The van der Waals surface area contributed by atoms with Crippen molar-refractivity contribution in [3.63, 3.8) is 0 Å². The molecule has 2 rings (SSSR count). The SMILES string of the molecule is CCC1Oc2ccccc2N(CC(=O)NCCCOC)C1=O. The van der Waals surface area contributed by atoms with Gasteiger partial charge < -0.3 is 14.8 Å². The van der Waals surface area contributed by atoms with Gasteiger partial charge in [0.2, 0.25) is 5.91 Å². The molecule has 0 aromatic heterocycles. The molecule has 2 amide bonds. The lowest BCUT2D eigenvalue weighted by Crippen LogP contribution is -2.49. The van der Waals surface area contributed by atoms with E-state index in [0.29, 0.717) is 31.0 Å². The Labute approximate surface area is 130 Å². The summed E-state index contributed by atoms with van der Waals surface area (Å²) in [6.07, 6.45) is 0.781. The summed E-state index contributed by atoms with van der Waals surface area (Å²) in [7, 11) is 1.62. The fraction of sp³-hybridized carbons (Fsp3) is 0.500. The zero-order valence-electron chi connectivity index (χ0n) is 13.0. The molecule has 6 heteroatoms. The van der Waals surface area contributed by atoms with Gasteiger partial charge in [-0.3, -0.25) is 14.5 Å². The molecule has 0 bridgehead atoms. The second-order valence-electron chi connectivity index (χ2n) is 5.10. The minimum atomic E-state index is -0.531. The van der Waals surface area contributed by atoms with E-state index in [1.807, 2.05) is 25.1 Å². The average Bonchev–Trinajstić information content (AvgIpc) is 2.54. The van der Waals surface area contributed by atoms with E-state index < -0.39 is 6.10 Å². The summed E-state index contributed by atoms with van der Waals surface area (Å²) >= 11 is 0. The first-order chi connectivity index (χ1) is 10.7. The van der Waals surface area contributed by atoms with Crippen molar-refractivity contribution in [1.82, 2.24) is 5.32 Å². The minimum Gasteiger partial charge on any atom is -0.478 e. The van der Waals surface area contributed by atoms with Crippen LogP contribution in [0.4, 0.5) is 5.69 Å². The zero-order chi connectivity index (χ0) is 15.9. The number of fused-ring (bicyclic) bond motifs is 1. The first kappa shape index (κ1) is 16.3. The van der Waals surface area contributed by atoms with Crippen LogP contribution >= 0.6 is 0 Å². The molecule has 1 aliphatic heterocycles. The van der Waals surface area contributed by atoms with E-state index >= 15 is 0 Å². The average molecular weight is 306 g/mol. The number of rotatable bonds is 7. The Morgan fingerprint density at radius 3 is 2.91 bits per heavy atom. The van der Waals surface area contributed by atoms with Crippen LogP contribution in [0.5, 0.6) is 5.75 Å². The van der Waals surface area contributed by atoms with Gasteiger partial charge in [0.25, 0.3) is 5.91 Å². The van der Waals surface area contributed by atoms with E-state index in [0.717, 1.165) is 6.42 Å². The summed E-state index contributed by atoms with van der Waals surface area (Å²) in [4.78, 5) is 26.0. The molecule has 0 radical (unpaired) electrons. The number of hydrogen-bond donors (Lipinski definition) is 1. The fourth-order valence-electron chi connectivity index (χ4n) is 2.34. The van der Waals surface area contributed by atoms with Crippen molar-refractivity contribution < 1.29 is 19.1 Å². The Kier molecular flexibility index (Phi) is 5.77. The highest BCUT2D eigenvalue weighted by atomic mass is 16.5. The van der Waals surface area contributed by atoms with Crippen LogP contribution in [-0.2, 0) is 14.3 Å². The van der Waals surface area contributed by atoms with Crippen LogP contribution < -0.4 is 15.0 Å². The maximum Gasteiger partial charge on any atom is 0.268 e. The fourth-order valence-corrected chi connectivity index (χ4v) is 2.34. The van der Waals surface area contributed by atoms with E-state index in [1.54, 1.807) is 13.2 Å². The topological polar surface area (TPSA) is 67.9 Å². The van der Waals surface area contributed by atoms with Gasteiger partial charge in [-0.15, -0.1) is 0 Å². The largest absolute Gasteiger partial charge is 0.478 e. The standard InChI is InChI=1S/C16H22N2O4/c1-3-13-16(20)18(11-15(19)17-9-6-10-21-2)12-7-4-5-8-14(12)22-13/h4-5,7-8,13H,3,6,9-11H2,1-2H3,(H,17,19). The molecule has 1 aromatic rings. The number of methoxy groups -OCH3 is 1. The molecule has 0 spiro atoms. The smallest absolute Gasteiger partial charge is 0.268 e. The van der Waals surface area contributed by atoms with Gasteiger partial charge in [0.05, 0.1) is 5.69 Å². The molecule has 120 valence electrons. The summed E-state index contributed by atoms with van der Waals surface area (Å²) in [5, 5.41) is 2.80. The van der Waals surface area contributed by atoms with Crippen molar-refractivity contribution in [2.45, 2.75) is 25.9 Å². The lowest BCUT2D eigenvalue weighted by molar-refractivity contribution is -0.129. The third-order valence-corrected chi connectivity index (χ3v) is 3.49. The lowest BCUT2D eigenvalue weighted by Gasteiger charge is -2.33. The molecule has 1 N–H and O–H groups in total. The third-order valence-electron chi connectivity index (χ3n) is 3.49. The van der Waals surface area contributed by atoms with Crippen molar-refractivity contribution >= 4 is 17.5 Å². The third kappa shape index (κ3) is 3.76. The molecule has 0 saturated carbocycles. The Morgan fingerprint density at radius 2 is 2.18 bits per heavy atom. The summed E-state index contributed by atoms with van der Waals surface area (Å²) in [6, 6.07) is 7.28. The van der Waals surface area contributed by atoms with Crippen LogP contribution in [0.1, 0.15) is 19.8 Å². The predicted octanol–water partition coefficient (Wildman–Crippen LogP) is 1.34. The van der Waals surface area contributed by atoms with Gasteiger partial charge in [-0.05, 0) is 25.0 Å². The number of para-hydroxylation sites is 2. The molecule has 6 nitrogen and oxygen atoms in total. The van der Waals surface area contributed by atoms with Crippen LogP contribution in [-0.4, -0.2) is 44.7 Å². The number of nitrogens with one attached hydrogen (secondary N) is 1. The number of carbonyl (C=O) groups excluding carboxylic acids is 2. The lowest BCUT2D eigenvalue weighted by atomic mass is 10.1. The summed E-state index contributed by atoms with van der Waals surface area (Å²) < 4.78 is 10.6. The Balaban J connectivity index is 2.04. The van der Waals surface area contributed by atoms with Crippen LogP contribution in [0.3, 0.4) is 0 Å². The number of amides is 2. The van der Waals surface area contributed by atoms with E-state index in [-0.39, 0.29) is 18.4 Å². The highest BCUT2D eigenvalue weighted by molar-refractivity contribution is 6.03. The number of ether oxygens (including phenoxy) is 2. The maximum absolute atomic E-state index is 12.4. The van der Waals surface area contributed by atoms with Crippen LogP contribution in [0.2, 0.25) is 0 Å². The number of anilines is 1. The Morgan fingerprint density at radius 1 is 1.41 bits per heavy atom. The zero-order valence-corrected chi connectivity index (χ0v) is 13.0. The van der Waals surface area contributed by atoms with Gasteiger partial charge >= 0.3 is 0 Å². The van der Waals surface area contributed by atoms with E-state index in [2.05, 4.69) is 5.32 Å². The number of carbonyl (C=O) groups is 2. The van der Waals surface area contributed by atoms with E-state index in [1.165, 1.54) is 4.90 Å². The maximum atomic E-state index is 12.4. The molecule has 0 aliphatic carbocycles. The number of benzene rings is 1. The van der Waals surface area contributed by atoms with Crippen molar-refractivity contribution in [3.8, 4) is 5.75 Å². The van der Waals surface area contributed by atoms with Gasteiger partial charge in [0.15, 0.2) is 6.10 Å². The molecule has 0 saturated heterocycles. The molecular formula is C16H22N2O4. The Hall–Kier alpha value is -2.08. The molecule has 1 aromatic carbocycles. The monoisotopic (exact) mass is 306 g/mol. The molecular weight excluding hydrogens is 284 g/mol. The van der Waals surface area contributed by atoms with Gasteiger partial charge in [0, 0.05) is 20.3 Å². The second-order valence-corrected chi connectivity index (χ2v) is 5.10. The molecule has 1 atom stereocenters. The van der Waals surface area contributed by atoms with E-state index in [4.69, 9.17) is 9.47 Å². The van der Waals surface area contributed by atoms with Crippen LogP contribution in [0.25, 0.3) is 0 Å². The van der Waals surface area contributed by atoms with Crippen molar-refractivity contribution in [1.29, 1.82) is 0 Å². The summed E-state index contributed by atoms with van der Waals surface area (Å²) in [6.45, 7) is 3.02. The van der Waals surface area contributed by atoms with Crippen molar-refractivity contribution in [2.24, 2.45) is 0 Å². The van der Waals surface area contributed by atoms with E-state index in [9.17, 15) is 9.59 Å². The van der Waals surface area contributed by atoms with Gasteiger partial charge in [-0.25, -0.2) is 0 Å². The summed E-state index contributed by atoms with van der Waals surface area (Å²) in [5.74, 6) is 0.283. The predicted molar refractivity (Wildman–Crippen MR) is 83.0 cm³/mol.